The molecule has 6 heteroatoms. The second-order valence-corrected chi connectivity index (χ2v) is 5.53. The van der Waals surface area contributed by atoms with Gasteiger partial charge >= 0.3 is 0 Å². The summed E-state index contributed by atoms with van der Waals surface area (Å²) in [5.41, 5.74) is 0.987. The molecule has 0 aliphatic heterocycles. The van der Waals surface area contributed by atoms with Crippen molar-refractivity contribution in [2.24, 2.45) is 0 Å². The minimum atomic E-state index is 0.544. The molecule has 0 aliphatic carbocycles. The smallest absolute Gasteiger partial charge is 0.121 e. The Morgan fingerprint density at radius 1 is 1.37 bits per heavy atom. The van der Waals surface area contributed by atoms with Gasteiger partial charge in [0.1, 0.15) is 21.7 Å². The zero-order valence-corrected chi connectivity index (χ0v) is 12.1. The number of hydrogen-bond acceptors (Lipinski definition) is 5. The van der Waals surface area contributed by atoms with Crippen molar-refractivity contribution in [3.8, 4) is 5.75 Å². The number of nitrogens with zero attached hydrogens (tertiary/aromatic N) is 1. The molecule has 4 nitrogen and oxygen atoms in total. The van der Waals surface area contributed by atoms with Crippen LogP contribution in [-0.4, -0.2) is 25.3 Å². The van der Waals surface area contributed by atoms with E-state index in [0.717, 1.165) is 16.4 Å². The van der Waals surface area contributed by atoms with Gasteiger partial charge in [0.05, 0.1) is 19.3 Å². The summed E-state index contributed by atoms with van der Waals surface area (Å²) in [7, 11) is 1.65. The van der Waals surface area contributed by atoms with Gasteiger partial charge in [-0.05, 0) is 12.1 Å². The van der Waals surface area contributed by atoms with Crippen LogP contribution in [0.25, 0.3) is 0 Å². The van der Waals surface area contributed by atoms with E-state index in [1.807, 2.05) is 24.3 Å². The van der Waals surface area contributed by atoms with Crippen molar-refractivity contribution in [2.45, 2.75) is 6.54 Å². The maximum atomic E-state index is 5.83. The lowest BCUT2D eigenvalue weighted by molar-refractivity contribution is 0.146. The highest BCUT2D eigenvalue weighted by atomic mass is 35.5. The Balaban J connectivity index is 1.87. The van der Waals surface area contributed by atoms with Gasteiger partial charge in [0.25, 0.3) is 0 Å². The van der Waals surface area contributed by atoms with Crippen LogP contribution in [0, 0.1) is 0 Å². The maximum absolute atomic E-state index is 5.83. The van der Waals surface area contributed by atoms with Gasteiger partial charge in [0, 0.05) is 18.9 Å². The number of benzene rings is 1. The zero-order chi connectivity index (χ0) is 13.5. The average Bonchev–Trinajstić information content (AvgIpc) is 2.83. The van der Waals surface area contributed by atoms with E-state index in [2.05, 4.69) is 10.3 Å². The maximum Gasteiger partial charge on any atom is 0.121 e. The summed E-state index contributed by atoms with van der Waals surface area (Å²) in [5, 5.41) is 4.24. The predicted molar refractivity (Wildman–Crippen MR) is 78.3 cm³/mol. The van der Waals surface area contributed by atoms with E-state index in [-0.39, 0.29) is 0 Å². The minimum Gasteiger partial charge on any atom is -0.491 e. The number of methoxy groups -OCH3 is 1. The number of hydrogen-bond donors (Lipinski definition) is 1. The Morgan fingerprint density at radius 2 is 2.26 bits per heavy atom. The lowest BCUT2D eigenvalue weighted by atomic mass is 10.3. The van der Waals surface area contributed by atoms with Gasteiger partial charge in [0.2, 0.25) is 0 Å². The number of thiazole rings is 1. The van der Waals surface area contributed by atoms with Crippen LogP contribution in [0.2, 0.25) is 4.34 Å². The standard InChI is InChI=1S/C13H15ClN2O2S/c1-17-5-6-18-11-4-2-3-10(7-11)15-9-13-16-8-12(14)19-13/h2-4,7-8,15H,5-6,9H2,1H3. The third kappa shape index (κ3) is 4.70. The third-order valence-corrected chi connectivity index (χ3v) is 3.47. The highest BCUT2D eigenvalue weighted by molar-refractivity contribution is 7.15. The summed E-state index contributed by atoms with van der Waals surface area (Å²) >= 11 is 7.31. The first kappa shape index (κ1) is 14.1. The van der Waals surface area contributed by atoms with Gasteiger partial charge in [-0.2, -0.15) is 0 Å². The van der Waals surface area contributed by atoms with E-state index in [1.54, 1.807) is 13.3 Å². The number of anilines is 1. The zero-order valence-electron chi connectivity index (χ0n) is 10.6. The van der Waals surface area contributed by atoms with Crippen LogP contribution >= 0.6 is 22.9 Å². The number of rotatable bonds is 7. The second-order valence-electron chi connectivity index (χ2n) is 3.78. The van der Waals surface area contributed by atoms with Crippen molar-refractivity contribution in [3.63, 3.8) is 0 Å². The molecule has 19 heavy (non-hydrogen) atoms. The fourth-order valence-corrected chi connectivity index (χ4v) is 2.38. The van der Waals surface area contributed by atoms with Crippen LogP contribution in [0.5, 0.6) is 5.75 Å². The molecule has 0 saturated carbocycles. The summed E-state index contributed by atoms with van der Waals surface area (Å²) in [6, 6.07) is 7.80. The highest BCUT2D eigenvalue weighted by Gasteiger charge is 2.01. The number of halogens is 1. The van der Waals surface area contributed by atoms with E-state index < -0.39 is 0 Å². The monoisotopic (exact) mass is 298 g/mol. The van der Waals surface area contributed by atoms with E-state index in [0.29, 0.717) is 24.1 Å². The third-order valence-electron chi connectivity index (χ3n) is 2.36. The molecular formula is C13H15ClN2O2S. The van der Waals surface area contributed by atoms with Crippen molar-refractivity contribution in [1.29, 1.82) is 0 Å². The summed E-state index contributed by atoms with van der Waals surface area (Å²) in [5.74, 6) is 0.819. The van der Waals surface area contributed by atoms with Crippen LogP contribution in [0.1, 0.15) is 5.01 Å². The van der Waals surface area contributed by atoms with E-state index in [9.17, 15) is 0 Å². The second kappa shape index (κ2) is 7.33. The van der Waals surface area contributed by atoms with Gasteiger partial charge in [-0.3, -0.25) is 0 Å². The Morgan fingerprint density at radius 3 is 3.00 bits per heavy atom. The number of nitrogens with one attached hydrogen (secondary N) is 1. The molecule has 2 aromatic rings. The Kier molecular flexibility index (Phi) is 5.44. The van der Waals surface area contributed by atoms with Crippen molar-refractivity contribution >= 4 is 28.6 Å². The Bertz CT molecular complexity index is 519. The summed E-state index contributed by atoms with van der Waals surface area (Å²) in [6.45, 7) is 1.77. The normalized spacial score (nSPS) is 10.4. The summed E-state index contributed by atoms with van der Waals surface area (Å²) < 4.78 is 11.2. The van der Waals surface area contributed by atoms with Crippen molar-refractivity contribution in [1.82, 2.24) is 4.98 Å². The first-order chi connectivity index (χ1) is 9.28. The van der Waals surface area contributed by atoms with Gasteiger partial charge in [-0.15, -0.1) is 11.3 Å². The molecule has 1 heterocycles. The quantitative estimate of drug-likeness (QED) is 0.795. The molecule has 1 aromatic carbocycles. The van der Waals surface area contributed by atoms with Gasteiger partial charge < -0.3 is 14.8 Å². The number of aromatic nitrogens is 1. The predicted octanol–water partition coefficient (Wildman–Crippen LogP) is 3.43. The van der Waals surface area contributed by atoms with Crippen molar-refractivity contribution in [2.75, 3.05) is 25.6 Å². The molecule has 1 aromatic heterocycles. The molecule has 0 fully saturated rings. The van der Waals surface area contributed by atoms with Crippen molar-refractivity contribution < 1.29 is 9.47 Å². The molecule has 0 bridgehead atoms. The molecule has 0 saturated heterocycles. The van der Waals surface area contributed by atoms with Crippen LogP contribution in [-0.2, 0) is 11.3 Å². The van der Waals surface area contributed by atoms with Gasteiger partial charge in [0.15, 0.2) is 0 Å². The Hall–Kier alpha value is -1.30. The molecule has 0 unspecified atom stereocenters. The molecule has 102 valence electrons. The highest BCUT2D eigenvalue weighted by Crippen LogP contribution is 2.21. The van der Waals surface area contributed by atoms with Crippen LogP contribution in [0.3, 0.4) is 0 Å². The minimum absolute atomic E-state index is 0.544. The fourth-order valence-electron chi connectivity index (χ4n) is 1.49. The Labute approximate surface area is 121 Å². The van der Waals surface area contributed by atoms with Gasteiger partial charge in [-0.1, -0.05) is 17.7 Å². The van der Waals surface area contributed by atoms with Crippen molar-refractivity contribution in [3.05, 3.63) is 39.8 Å². The molecule has 0 spiro atoms. The largest absolute Gasteiger partial charge is 0.491 e. The summed E-state index contributed by atoms with van der Waals surface area (Å²) in [4.78, 5) is 4.19. The van der Waals surface area contributed by atoms with E-state index in [1.165, 1.54) is 11.3 Å². The lowest BCUT2D eigenvalue weighted by Crippen LogP contribution is -2.04. The average molecular weight is 299 g/mol. The SMILES string of the molecule is COCCOc1cccc(NCc2ncc(Cl)s2)c1. The molecule has 0 aliphatic rings. The van der Waals surface area contributed by atoms with E-state index >= 15 is 0 Å². The molecular weight excluding hydrogens is 284 g/mol. The van der Waals surface area contributed by atoms with Crippen LogP contribution in [0.4, 0.5) is 5.69 Å². The van der Waals surface area contributed by atoms with Crippen LogP contribution < -0.4 is 10.1 Å². The summed E-state index contributed by atoms with van der Waals surface area (Å²) in [6.07, 6.45) is 1.66. The molecule has 0 atom stereocenters. The van der Waals surface area contributed by atoms with Crippen LogP contribution in [0.15, 0.2) is 30.5 Å². The first-order valence-corrected chi connectivity index (χ1v) is 7.03. The van der Waals surface area contributed by atoms with E-state index in [4.69, 9.17) is 21.1 Å². The molecule has 1 N–H and O–H groups in total. The molecule has 2 rings (SSSR count). The molecule has 0 radical (unpaired) electrons. The first-order valence-electron chi connectivity index (χ1n) is 5.84. The topological polar surface area (TPSA) is 43.4 Å². The lowest BCUT2D eigenvalue weighted by Gasteiger charge is -2.08. The fraction of sp³-hybridized carbons (Fsp3) is 0.308. The van der Waals surface area contributed by atoms with Gasteiger partial charge in [-0.25, -0.2) is 4.98 Å². The number of ether oxygens (including phenoxy) is 2. The molecule has 0 amide bonds.